The summed E-state index contributed by atoms with van der Waals surface area (Å²) in [7, 11) is 0. The summed E-state index contributed by atoms with van der Waals surface area (Å²) in [5, 5.41) is 17.3. The maximum Gasteiger partial charge on any atom is 0.327 e. The first-order valence-electron chi connectivity index (χ1n) is 3.27. The number of hydrogen-bond acceptors (Lipinski definition) is 2. The van der Waals surface area contributed by atoms with Crippen LogP contribution < -0.4 is 0 Å². The molecule has 1 unspecified atom stereocenters. The van der Waals surface area contributed by atoms with Crippen molar-refractivity contribution in [1.82, 2.24) is 0 Å². The molecule has 2 N–H and O–H groups in total. The zero-order valence-electron chi connectivity index (χ0n) is 6.45. The molecule has 62 valence electrons. The maximum absolute atomic E-state index is 9.96. The SMILES string of the molecule is C=C(C)C(O)C/C=C\C(=O)O. The molecule has 0 aliphatic heterocycles. The van der Waals surface area contributed by atoms with Crippen LogP contribution in [0.25, 0.3) is 0 Å². The van der Waals surface area contributed by atoms with E-state index in [0.717, 1.165) is 6.08 Å². The zero-order valence-corrected chi connectivity index (χ0v) is 6.45. The Morgan fingerprint density at radius 2 is 2.27 bits per heavy atom. The predicted octanol–water partition coefficient (Wildman–Crippen LogP) is 0.954. The van der Waals surface area contributed by atoms with Crippen molar-refractivity contribution in [2.45, 2.75) is 19.4 Å². The van der Waals surface area contributed by atoms with Gasteiger partial charge in [0, 0.05) is 6.08 Å². The molecule has 0 saturated heterocycles. The molecule has 0 amide bonds. The lowest BCUT2D eigenvalue weighted by molar-refractivity contribution is -0.131. The van der Waals surface area contributed by atoms with Gasteiger partial charge in [-0.2, -0.15) is 0 Å². The fourth-order valence-corrected chi connectivity index (χ4v) is 0.499. The lowest BCUT2D eigenvalue weighted by Crippen LogP contribution is -2.05. The third kappa shape index (κ3) is 5.36. The number of aliphatic hydroxyl groups excluding tert-OH is 1. The molecule has 0 aliphatic rings. The summed E-state index contributed by atoms with van der Waals surface area (Å²) in [6, 6.07) is 0. The Morgan fingerprint density at radius 3 is 2.64 bits per heavy atom. The Kier molecular flexibility index (Phi) is 4.22. The summed E-state index contributed by atoms with van der Waals surface area (Å²) in [4.78, 5) is 9.96. The minimum atomic E-state index is -1.00. The zero-order chi connectivity index (χ0) is 8.85. The molecule has 0 spiro atoms. The lowest BCUT2D eigenvalue weighted by atomic mass is 10.1. The van der Waals surface area contributed by atoms with E-state index in [0.29, 0.717) is 12.0 Å². The monoisotopic (exact) mass is 156 g/mol. The van der Waals surface area contributed by atoms with Crippen molar-refractivity contribution >= 4 is 5.97 Å². The Bertz CT molecular complexity index is 182. The minimum absolute atomic E-state index is 0.307. The third-order valence-corrected chi connectivity index (χ3v) is 1.19. The maximum atomic E-state index is 9.96. The van der Waals surface area contributed by atoms with Gasteiger partial charge in [-0.05, 0) is 13.3 Å². The summed E-state index contributed by atoms with van der Waals surface area (Å²) in [6.07, 6.45) is 2.08. The molecule has 0 aromatic carbocycles. The molecule has 11 heavy (non-hydrogen) atoms. The fourth-order valence-electron chi connectivity index (χ4n) is 0.499. The molecule has 0 radical (unpaired) electrons. The van der Waals surface area contributed by atoms with Crippen LogP contribution in [0.15, 0.2) is 24.3 Å². The van der Waals surface area contributed by atoms with Crippen LogP contribution in [0.2, 0.25) is 0 Å². The average molecular weight is 156 g/mol. The third-order valence-electron chi connectivity index (χ3n) is 1.19. The van der Waals surface area contributed by atoms with Gasteiger partial charge in [-0.1, -0.05) is 18.2 Å². The molecular weight excluding hydrogens is 144 g/mol. The number of carboxylic acids is 1. The van der Waals surface area contributed by atoms with Crippen molar-refractivity contribution in [2.24, 2.45) is 0 Å². The topological polar surface area (TPSA) is 57.5 Å². The Labute approximate surface area is 65.7 Å². The second-order valence-electron chi connectivity index (χ2n) is 2.34. The average Bonchev–Trinajstić information content (AvgIpc) is 1.86. The highest BCUT2D eigenvalue weighted by Crippen LogP contribution is 2.02. The van der Waals surface area contributed by atoms with Crippen LogP contribution in [0.3, 0.4) is 0 Å². The molecule has 3 nitrogen and oxygen atoms in total. The molecule has 0 fully saturated rings. The van der Waals surface area contributed by atoms with Gasteiger partial charge in [-0.15, -0.1) is 0 Å². The van der Waals surface area contributed by atoms with E-state index in [4.69, 9.17) is 10.2 Å². The fraction of sp³-hybridized carbons (Fsp3) is 0.375. The van der Waals surface area contributed by atoms with Crippen molar-refractivity contribution < 1.29 is 15.0 Å². The first-order chi connectivity index (χ1) is 5.04. The van der Waals surface area contributed by atoms with Crippen LogP contribution in [0.5, 0.6) is 0 Å². The second-order valence-corrected chi connectivity index (χ2v) is 2.34. The van der Waals surface area contributed by atoms with Crippen molar-refractivity contribution in [3.63, 3.8) is 0 Å². The molecule has 0 rings (SSSR count). The highest BCUT2D eigenvalue weighted by Gasteiger charge is 2.00. The van der Waals surface area contributed by atoms with E-state index in [2.05, 4.69) is 6.58 Å². The quantitative estimate of drug-likeness (QED) is 0.470. The van der Waals surface area contributed by atoms with E-state index in [1.54, 1.807) is 6.92 Å². The standard InChI is InChI=1S/C8H12O3/c1-6(2)7(9)4-3-5-8(10)11/h3,5,7,9H,1,4H2,2H3,(H,10,11)/b5-3-. The van der Waals surface area contributed by atoms with Crippen LogP contribution in [0, 0.1) is 0 Å². The Morgan fingerprint density at radius 1 is 1.73 bits per heavy atom. The van der Waals surface area contributed by atoms with Crippen molar-refractivity contribution in [2.75, 3.05) is 0 Å². The number of hydrogen-bond donors (Lipinski definition) is 2. The van der Waals surface area contributed by atoms with Crippen LogP contribution >= 0.6 is 0 Å². The van der Waals surface area contributed by atoms with E-state index in [1.165, 1.54) is 6.08 Å². The van der Waals surface area contributed by atoms with Crippen LogP contribution in [-0.4, -0.2) is 22.3 Å². The van der Waals surface area contributed by atoms with Gasteiger partial charge >= 0.3 is 5.97 Å². The number of aliphatic carboxylic acids is 1. The van der Waals surface area contributed by atoms with Gasteiger partial charge in [0.25, 0.3) is 0 Å². The molecule has 0 aromatic heterocycles. The van der Waals surface area contributed by atoms with Crippen molar-refractivity contribution in [1.29, 1.82) is 0 Å². The normalized spacial score (nSPS) is 13.3. The van der Waals surface area contributed by atoms with Gasteiger partial charge in [-0.3, -0.25) is 0 Å². The van der Waals surface area contributed by atoms with Gasteiger partial charge in [0.1, 0.15) is 0 Å². The molecule has 0 bridgehead atoms. The Balaban J connectivity index is 3.70. The molecule has 0 aliphatic carbocycles. The lowest BCUT2D eigenvalue weighted by Gasteiger charge is -2.04. The summed E-state index contributed by atoms with van der Waals surface area (Å²) in [5.74, 6) is -1.00. The van der Waals surface area contributed by atoms with E-state index < -0.39 is 12.1 Å². The van der Waals surface area contributed by atoms with Crippen molar-refractivity contribution in [3.05, 3.63) is 24.3 Å². The first-order valence-corrected chi connectivity index (χ1v) is 3.27. The second kappa shape index (κ2) is 4.68. The van der Waals surface area contributed by atoms with E-state index in [9.17, 15) is 4.79 Å². The van der Waals surface area contributed by atoms with Crippen molar-refractivity contribution in [3.8, 4) is 0 Å². The molecular formula is C8H12O3. The van der Waals surface area contributed by atoms with Gasteiger partial charge in [0.15, 0.2) is 0 Å². The smallest absolute Gasteiger partial charge is 0.327 e. The largest absolute Gasteiger partial charge is 0.478 e. The summed E-state index contributed by atoms with van der Waals surface area (Å²) >= 11 is 0. The summed E-state index contributed by atoms with van der Waals surface area (Å²) < 4.78 is 0. The Hall–Kier alpha value is -1.09. The number of rotatable bonds is 4. The van der Waals surface area contributed by atoms with E-state index in [1.807, 2.05) is 0 Å². The van der Waals surface area contributed by atoms with Crippen LogP contribution in [-0.2, 0) is 4.79 Å². The molecule has 3 heteroatoms. The minimum Gasteiger partial charge on any atom is -0.478 e. The first kappa shape index (κ1) is 9.91. The number of carboxylic acid groups (broad SMARTS) is 1. The predicted molar refractivity (Wildman–Crippen MR) is 42.2 cm³/mol. The highest BCUT2D eigenvalue weighted by molar-refractivity contribution is 5.79. The summed E-state index contributed by atoms with van der Waals surface area (Å²) in [5.41, 5.74) is 0.639. The van der Waals surface area contributed by atoms with Gasteiger partial charge in [0.05, 0.1) is 6.10 Å². The van der Waals surface area contributed by atoms with Gasteiger partial charge < -0.3 is 10.2 Å². The van der Waals surface area contributed by atoms with Crippen LogP contribution in [0.4, 0.5) is 0 Å². The van der Waals surface area contributed by atoms with Gasteiger partial charge in [0.2, 0.25) is 0 Å². The molecule has 0 heterocycles. The summed E-state index contributed by atoms with van der Waals surface area (Å²) in [6.45, 7) is 5.22. The van der Waals surface area contributed by atoms with E-state index >= 15 is 0 Å². The van der Waals surface area contributed by atoms with E-state index in [-0.39, 0.29) is 0 Å². The van der Waals surface area contributed by atoms with Gasteiger partial charge in [-0.25, -0.2) is 4.79 Å². The number of aliphatic hydroxyl groups is 1. The molecule has 0 aromatic rings. The van der Waals surface area contributed by atoms with Crippen LogP contribution in [0.1, 0.15) is 13.3 Å². The number of carbonyl (C=O) groups is 1. The molecule has 1 atom stereocenters. The molecule has 0 saturated carbocycles. The highest BCUT2D eigenvalue weighted by atomic mass is 16.4.